The van der Waals surface area contributed by atoms with E-state index in [0.29, 0.717) is 6.42 Å². The molecule has 74 valence electrons. The lowest BCUT2D eigenvalue weighted by Crippen LogP contribution is -2.16. The Morgan fingerprint density at radius 1 is 1.57 bits per heavy atom. The Labute approximate surface area is 83.4 Å². The predicted molar refractivity (Wildman–Crippen MR) is 51.9 cm³/mol. The van der Waals surface area contributed by atoms with Gasteiger partial charge in [-0.3, -0.25) is 4.98 Å². The highest BCUT2D eigenvalue weighted by Crippen LogP contribution is 2.25. The van der Waals surface area contributed by atoms with Crippen molar-refractivity contribution in [3.63, 3.8) is 0 Å². The highest BCUT2D eigenvalue weighted by atomic mass is 19.1. The second-order valence-corrected chi connectivity index (χ2v) is 3.71. The molecule has 0 aliphatic rings. The summed E-state index contributed by atoms with van der Waals surface area (Å²) in [5, 5.41) is 8.95. The Hall–Kier alpha value is -1.43. The molecule has 3 heteroatoms. The summed E-state index contributed by atoms with van der Waals surface area (Å²) < 4.78 is 12.8. The van der Waals surface area contributed by atoms with Crippen molar-refractivity contribution in [1.82, 2.24) is 4.98 Å². The molecular formula is C11H13FN2. The van der Waals surface area contributed by atoms with Crippen molar-refractivity contribution in [3.8, 4) is 6.07 Å². The Morgan fingerprint density at radius 2 is 2.29 bits per heavy atom. The van der Waals surface area contributed by atoms with E-state index >= 15 is 0 Å². The summed E-state index contributed by atoms with van der Waals surface area (Å²) in [6.07, 6.45) is 4.07. The SMILES string of the molecule is CCC(C)(C#N)Cc1cncc(F)c1. The van der Waals surface area contributed by atoms with Crippen molar-refractivity contribution >= 4 is 0 Å². The van der Waals surface area contributed by atoms with Crippen LogP contribution in [0.4, 0.5) is 4.39 Å². The van der Waals surface area contributed by atoms with Crippen LogP contribution in [0, 0.1) is 22.6 Å². The Bertz CT molecular complexity index is 357. The zero-order chi connectivity index (χ0) is 10.6. The summed E-state index contributed by atoms with van der Waals surface area (Å²) >= 11 is 0. The van der Waals surface area contributed by atoms with Gasteiger partial charge in [-0.15, -0.1) is 0 Å². The number of hydrogen-bond donors (Lipinski definition) is 0. The third-order valence-electron chi connectivity index (χ3n) is 2.41. The van der Waals surface area contributed by atoms with Crippen LogP contribution in [0.2, 0.25) is 0 Å². The van der Waals surface area contributed by atoms with Crippen LogP contribution in [-0.2, 0) is 6.42 Å². The van der Waals surface area contributed by atoms with Gasteiger partial charge in [0, 0.05) is 6.20 Å². The minimum Gasteiger partial charge on any atom is -0.261 e. The molecule has 0 aromatic carbocycles. The van der Waals surface area contributed by atoms with Crippen molar-refractivity contribution in [3.05, 3.63) is 29.8 Å². The van der Waals surface area contributed by atoms with Gasteiger partial charge in [0.1, 0.15) is 5.82 Å². The average Bonchev–Trinajstić information content (AvgIpc) is 2.18. The zero-order valence-corrected chi connectivity index (χ0v) is 8.42. The standard InChI is InChI=1S/C11H13FN2/c1-3-11(2,8-13)5-9-4-10(12)7-14-6-9/h4,6-7H,3,5H2,1-2H3. The van der Waals surface area contributed by atoms with E-state index < -0.39 is 5.41 Å². The van der Waals surface area contributed by atoms with Crippen LogP contribution in [0.15, 0.2) is 18.5 Å². The first-order valence-electron chi connectivity index (χ1n) is 4.60. The molecule has 0 saturated heterocycles. The van der Waals surface area contributed by atoms with E-state index in [2.05, 4.69) is 11.1 Å². The first kappa shape index (κ1) is 10.6. The molecule has 0 bridgehead atoms. The molecule has 2 nitrogen and oxygen atoms in total. The monoisotopic (exact) mass is 192 g/mol. The summed E-state index contributed by atoms with van der Waals surface area (Å²) in [7, 11) is 0. The van der Waals surface area contributed by atoms with Crippen molar-refractivity contribution < 1.29 is 4.39 Å². The summed E-state index contributed by atoms with van der Waals surface area (Å²) in [5.41, 5.74) is 0.353. The molecular weight excluding hydrogens is 179 g/mol. The molecule has 14 heavy (non-hydrogen) atoms. The molecule has 0 aliphatic heterocycles. The summed E-state index contributed by atoms with van der Waals surface area (Å²) in [6.45, 7) is 3.83. The molecule has 1 rings (SSSR count). The first-order chi connectivity index (χ1) is 6.59. The molecule has 0 spiro atoms. The lowest BCUT2D eigenvalue weighted by molar-refractivity contribution is 0.421. The fraction of sp³-hybridized carbons (Fsp3) is 0.455. The van der Waals surface area contributed by atoms with Gasteiger partial charge in [0.2, 0.25) is 0 Å². The molecule has 1 unspecified atom stereocenters. The van der Waals surface area contributed by atoms with Crippen molar-refractivity contribution in [1.29, 1.82) is 5.26 Å². The number of hydrogen-bond acceptors (Lipinski definition) is 2. The smallest absolute Gasteiger partial charge is 0.141 e. The number of halogens is 1. The van der Waals surface area contributed by atoms with Gasteiger partial charge in [0.15, 0.2) is 0 Å². The maximum absolute atomic E-state index is 12.8. The van der Waals surface area contributed by atoms with Crippen LogP contribution >= 0.6 is 0 Å². The second kappa shape index (κ2) is 4.19. The van der Waals surface area contributed by atoms with Gasteiger partial charge >= 0.3 is 0 Å². The maximum atomic E-state index is 12.8. The van der Waals surface area contributed by atoms with Gasteiger partial charge in [0.25, 0.3) is 0 Å². The molecule has 1 heterocycles. The van der Waals surface area contributed by atoms with Gasteiger partial charge < -0.3 is 0 Å². The van der Waals surface area contributed by atoms with E-state index in [-0.39, 0.29) is 5.82 Å². The topological polar surface area (TPSA) is 36.7 Å². The van der Waals surface area contributed by atoms with Crippen LogP contribution in [-0.4, -0.2) is 4.98 Å². The Morgan fingerprint density at radius 3 is 2.79 bits per heavy atom. The summed E-state index contributed by atoms with van der Waals surface area (Å²) in [5.74, 6) is -0.348. The van der Waals surface area contributed by atoms with Crippen LogP contribution < -0.4 is 0 Å². The van der Waals surface area contributed by atoms with Gasteiger partial charge in [-0.2, -0.15) is 5.26 Å². The minimum absolute atomic E-state index is 0.348. The summed E-state index contributed by atoms with van der Waals surface area (Å²) in [6, 6.07) is 3.67. The normalized spacial score (nSPS) is 14.4. The largest absolute Gasteiger partial charge is 0.261 e. The zero-order valence-electron chi connectivity index (χ0n) is 8.42. The van der Waals surface area contributed by atoms with Gasteiger partial charge in [-0.1, -0.05) is 6.92 Å². The van der Waals surface area contributed by atoms with Crippen LogP contribution in [0.5, 0.6) is 0 Å². The predicted octanol–water partition coefficient (Wildman–Crippen LogP) is 2.70. The van der Waals surface area contributed by atoms with E-state index in [1.165, 1.54) is 12.3 Å². The second-order valence-electron chi connectivity index (χ2n) is 3.71. The Kier molecular flexibility index (Phi) is 3.19. The molecule has 0 amide bonds. The van der Waals surface area contributed by atoms with E-state index in [4.69, 9.17) is 5.26 Å². The van der Waals surface area contributed by atoms with Crippen molar-refractivity contribution in [2.75, 3.05) is 0 Å². The average molecular weight is 192 g/mol. The van der Waals surface area contributed by atoms with E-state index in [1.54, 1.807) is 6.20 Å². The molecule has 0 N–H and O–H groups in total. The highest BCUT2D eigenvalue weighted by molar-refractivity contribution is 5.15. The van der Waals surface area contributed by atoms with E-state index in [9.17, 15) is 4.39 Å². The number of aromatic nitrogens is 1. The van der Waals surface area contributed by atoms with Gasteiger partial charge in [-0.05, 0) is 31.4 Å². The molecule has 1 aromatic rings. The quantitative estimate of drug-likeness (QED) is 0.738. The van der Waals surface area contributed by atoms with E-state index in [1.807, 2.05) is 13.8 Å². The fourth-order valence-corrected chi connectivity index (χ4v) is 1.25. The summed E-state index contributed by atoms with van der Waals surface area (Å²) in [4.78, 5) is 3.75. The number of nitriles is 1. The number of rotatable bonds is 3. The van der Waals surface area contributed by atoms with E-state index in [0.717, 1.165) is 12.0 Å². The maximum Gasteiger partial charge on any atom is 0.141 e. The molecule has 1 atom stereocenters. The Balaban J connectivity index is 2.84. The molecule has 0 saturated carbocycles. The molecule has 0 fully saturated rings. The lowest BCUT2D eigenvalue weighted by atomic mass is 9.83. The fourth-order valence-electron chi connectivity index (χ4n) is 1.25. The van der Waals surface area contributed by atoms with Crippen LogP contribution in [0.3, 0.4) is 0 Å². The molecule has 0 aliphatic carbocycles. The van der Waals surface area contributed by atoms with Crippen molar-refractivity contribution in [2.24, 2.45) is 5.41 Å². The van der Waals surface area contributed by atoms with Crippen LogP contribution in [0.25, 0.3) is 0 Å². The minimum atomic E-state index is -0.421. The first-order valence-corrected chi connectivity index (χ1v) is 4.60. The lowest BCUT2D eigenvalue weighted by Gasteiger charge is -2.18. The highest BCUT2D eigenvalue weighted by Gasteiger charge is 2.21. The van der Waals surface area contributed by atoms with Crippen molar-refractivity contribution in [2.45, 2.75) is 26.7 Å². The third kappa shape index (κ3) is 2.53. The third-order valence-corrected chi connectivity index (χ3v) is 2.41. The molecule has 0 radical (unpaired) electrons. The number of pyridine rings is 1. The van der Waals surface area contributed by atoms with Crippen LogP contribution in [0.1, 0.15) is 25.8 Å². The number of nitrogens with zero attached hydrogens (tertiary/aromatic N) is 2. The molecule has 1 aromatic heterocycles. The van der Waals surface area contributed by atoms with Gasteiger partial charge in [-0.25, -0.2) is 4.39 Å². The van der Waals surface area contributed by atoms with Gasteiger partial charge in [0.05, 0.1) is 17.7 Å².